The third kappa shape index (κ3) is 5.06. The molecule has 1 saturated heterocycles. The summed E-state index contributed by atoms with van der Waals surface area (Å²) in [5, 5.41) is 2.80. The minimum absolute atomic E-state index is 0.0329. The molecule has 0 atom stereocenters. The monoisotopic (exact) mass is 367 g/mol. The second kappa shape index (κ2) is 9.16. The van der Waals surface area contributed by atoms with Gasteiger partial charge in [-0.3, -0.25) is 14.6 Å². The van der Waals surface area contributed by atoms with Gasteiger partial charge in [0.25, 0.3) is 11.8 Å². The Morgan fingerprint density at radius 1 is 1.07 bits per heavy atom. The fourth-order valence-electron chi connectivity index (χ4n) is 3.14. The van der Waals surface area contributed by atoms with Crippen molar-refractivity contribution in [1.82, 2.24) is 9.88 Å². The minimum Gasteiger partial charge on any atom is -0.494 e. The molecular formula is C21H25N3O3. The Bertz CT molecular complexity index is 782. The van der Waals surface area contributed by atoms with Crippen LogP contribution in [-0.4, -0.2) is 41.4 Å². The molecule has 1 aromatic carbocycles. The van der Waals surface area contributed by atoms with Crippen molar-refractivity contribution in [2.24, 2.45) is 0 Å². The molecule has 1 aromatic heterocycles. The Morgan fingerprint density at radius 3 is 2.44 bits per heavy atom. The van der Waals surface area contributed by atoms with Crippen LogP contribution in [0, 0.1) is 0 Å². The smallest absolute Gasteiger partial charge is 0.274 e. The third-order valence-corrected chi connectivity index (χ3v) is 4.56. The molecule has 142 valence electrons. The van der Waals surface area contributed by atoms with Crippen molar-refractivity contribution < 1.29 is 14.3 Å². The van der Waals surface area contributed by atoms with Crippen LogP contribution in [-0.2, 0) is 0 Å². The van der Waals surface area contributed by atoms with Crippen molar-refractivity contribution >= 4 is 17.5 Å². The summed E-state index contributed by atoms with van der Waals surface area (Å²) in [4.78, 5) is 31.2. The van der Waals surface area contributed by atoms with Gasteiger partial charge in [0.2, 0.25) is 0 Å². The molecule has 1 aliphatic rings. The van der Waals surface area contributed by atoms with E-state index in [1.165, 1.54) is 6.20 Å². The minimum atomic E-state index is -0.343. The number of nitrogens with zero attached hydrogens (tertiary/aromatic N) is 2. The summed E-state index contributed by atoms with van der Waals surface area (Å²) in [5.41, 5.74) is 1.38. The molecule has 6 nitrogen and oxygen atoms in total. The van der Waals surface area contributed by atoms with Crippen LogP contribution in [0.1, 0.15) is 53.5 Å². The lowest BCUT2D eigenvalue weighted by Gasteiger charge is -2.20. The Morgan fingerprint density at radius 2 is 1.78 bits per heavy atom. The quantitative estimate of drug-likeness (QED) is 0.874. The number of rotatable bonds is 5. The zero-order valence-corrected chi connectivity index (χ0v) is 15.6. The molecule has 0 bridgehead atoms. The first-order valence-electron chi connectivity index (χ1n) is 9.47. The van der Waals surface area contributed by atoms with Gasteiger partial charge in [-0.2, -0.15) is 0 Å². The Kier molecular flexibility index (Phi) is 6.41. The second-order valence-corrected chi connectivity index (χ2v) is 6.55. The first-order chi connectivity index (χ1) is 13.2. The average molecular weight is 367 g/mol. The van der Waals surface area contributed by atoms with Crippen LogP contribution < -0.4 is 10.1 Å². The fraction of sp³-hybridized carbons (Fsp3) is 0.381. The van der Waals surface area contributed by atoms with Crippen LogP contribution in [0.4, 0.5) is 5.69 Å². The normalized spacial score (nSPS) is 14.3. The molecule has 2 heterocycles. The van der Waals surface area contributed by atoms with E-state index in [1.54, 1.807) is 36.4 Å². The zero-order valence-electron chi connectivity index (χ0n) is 15.6. The highest BCUT2D eigenvalue weighted by Gasteiger charge is 2.19. The van der Waals surface area contributed by atoms with Gasteiger partial charge in [0, 0.05) is 30.5 Å². The number of carbonyl (C=O) groups is 2. The number of hydrogen-bond donors (Lipinski definition) is 1. The summed E-state index contributed by atoms with van der Waals surface area (Å²) in [6, 6.07) is 10.4. The lowest BCUT2D eigenvalue weighted by atomic mass is 10.2. The standard InChI is InChI=1S/C21H25N3O3/c1-2-27-18-9-7-17(8-10-18)23-20(25)19-15-16(11-12-22-19)21(26)24-13-5-3-4-6-14-24/h7-12,15H,2-6,13-14H2,1H3,(H,23,25). The van der Waals surface area contributed by atoms with E-state index >= 15 is 0 Å². The van der Waals surface area contributed by atoms with E-state index in [2.05, 4.69) is 10.3 Å². The lowest BCUT2D eigenvalue weighted by molar-refractivity contribution is 0.0761. The van der Waals surface area contributed by atoms with Crippen molar-refractivity contribution in [2.75, 3.05) is 25.0 Å². The van der Waals surface area contributed by atoms with E-state index in [-0.39, 0.29) is 17.5 Å². The number of ether oxygens (including phenoxy) is 1. The van der Waals surface area contributed by atoms with Crippen LogP contribution in [0.25, 0.3) is 0 Å². The van der Waals surface area contributed by atoms with Crippen molar-refractivity contribution in [2.45, 2.75) is 32.6 Å². The number of hydrogen-bond acceptors (Lipinski definition) is 4. The van der Waals surface area contributed by atoms with Gasteiger partial charge in [0.05, 0.1) is 6.61 Å². The summed E-state index contributed by atoms with van der Waals surface area (Å²) in [5.74, 6) is 0.373. The van der Waals surface area contributed by atoms with Crippen molar-refractivity contribution in [1.29, 1.82) is 0 Å². The molecular weight excluding hydrogens is 342 g/mol. The molecule has 0 unspecified atom stereocenters. The highest BCUT2D eigenvalue weighted by Crippen LogP contribution is 2.17. The maximum atomic E-state index is 12.7. The Labute approximate surface area is 159 Å². The topological polar surface area (TPSA) is 71.5 Å². The summed E-state index contributed by atoms with van der Waals surface area (Å²) in [6.45, 7) is 4.05. The predicted octanol–water partition coefficient (Wildman–Crippen LogP) is 3.75. The van der Waals surface area contributed by atoms with Crippen LogP contribution in [0.3, 0.4) is 0 Å². The van der Waals surface area contributed by atoms with E-state index in [1.807, 2.05) is 11.8 Å². The number of nitrogens with one attached hydrogen (secondary N) is 1. The number of anilines is 1. The van der Waals surface area contributed by atoms with Gasteiger partial charge in [-0.1, -0.05) is 12.8 Å². The van der Waals surface area contributed by atoms with Crippen LogP contribution >= 0.6 is 0 Å². The molecule has 0 saturated carbocycles. The largest absolute Gasteiger partial charge is 0.494 e. The number of amides is 2. The highest BCUT2D eigenvalue weighted by molar-refractivity contribution is 6.04. The molecule has 0 aliphatic carbocycles. The van der Waals surface area contributed by atoms with E-state index in [0.29, 0.717) is 17.9 Å². The first kappa shape index (κ1) is 18.9. The van der Waals surface area contributed by atoms with Crippen LogP contribution in [0.15, 0.2) is 42.6 Å². The SMILES string of the molecule is CCOc1ccc(NC(=O)c2cc(C(=O)N3CCCCCC3)ccn2)cc1. The van der Waals surface area contributed by atoms with Gasteiger partial charge in [0.1, 0.15) is 11.4 Å². The number of likely N-dealkylation sites (tertiary alicyclic amines) is 1. The van der Waals surface area contributed by atoms with Gasteiger partial charge in [-0.05, 0) is 56.2 Å². The van der Waals surface area contributed by atoms with E-state index in [9.17, 15) is 9.59 Å². The van der Waals surface area contributed by atoms with Gasteiger partial charge < -0.3 is 15.0 Å². The molecule has 2 amide bonds. The molecule has 1 fully saturated rings. The number of carbonyl (C=O) groups excluding carboxylic acids is 2. The molecule has 2 aromatic rings. The number of pyridine rings is 1. The van der Waals surface area contributed by atoms with Crippen LogP contribution in [0.5, 0.6) is 5.75 Å². The van der Waals surface area contributed by atoms with Gasteiger partial charge in [0.15, 0.2) is 0 Å². The fourth-order valence-corrected chi connectivity index (χ4v) is 3.14. The van der Waals surface area contributed by atoms with Gasteiger partial charge in [-0.15, -0.1) is 0 Å². The summed E-state index contributed by atoms with van der Waals surface area (Å²) < 4.78 is 5.39. The predicted molar refractivity (Wildman–Crippen MR) is 104 cm³/mol. The molecule has 1 N–H and O–H groups in total. The van der Waals surface area contributed by atoms with Crippen LogP contribution in [0.2, 0.25) is 0 Å². The molecule has 27 heavy (non-hydrogen) atoms. The number of benzene rings is 1. The summed E-state index contributed by atoms with van der Waals surface area (Å²) >= 11 is 0. The molecule has 6 heteroatoms. The first-order valence-corrected chi connectivity index (χ1v) is 9.47. The third-order valence-electron chi connectivity index (χ3n) is 4.56. The van der Waals surface area contributed by atoms with Crippen molar-refractivity contribution in [3.63, 3.8) is 0 Å². The highest BCUT2D eigenvalue weighted by atomic mass is 16.5. The lowest BCUT2D eigenvalue weighted by Crippen LogP contribution is -2.32. The summed E-state index contributed by atoms with van der Waals surface area (Å²) in [6.07, 6.45) is 5.90. The summed E-state index contributed by atoms with van der Waals surface area (Å²) in [7, 11) is 0. The van der Waals surface area contributed by atoms with E-state index in [0.717, 1.165) is 44.5 Å². The number of aromatic nitrogens is 1. The maximum absolute atomic E-state index is 12.7. The molecule has 0 radical (unpaired) electrons. The van der Waals surface area contributed by atoms with E-state index in [4.69, 9.17) is 4.74 Å². The van der Waals surface area contributed by atoms with E-state index < -0.39 is 0 Å². The van der Waals surface area contributed by atoms with Gasteiger partial charge >= 0.3 is 0 Å². The van der Waals surface area contributed by atoms with Crippen molar-refractivity contribution in [3.8, 4) is 5.75 Å². The van der Waals surface area contributed by atoms with Gasteiger partial charge in [-0.25, -0.2) is 0 Å². The zero-order chi connectivity index (χ0) is 19.1. The molecule has 3 rings (SSSR count). The second-order valence-electron chi connectivity index (χ2n) is 6.55. The maximum Gasteiger partial charge on any atom is 0.274 e. The average Bonchev–Trinajstić information content (AvgIpc) is 2.99. The Hall–Kier alpha value is -2.89. The molecule has 1 aliphatic heterocycles. The molecule has 0 spiro atoms. The van der Waals surface area contributed by atoms with Crippen molar-refractivity contribution in [3.05, 3.63) is 53.9 Å². The Balaban J connectivity index is 1.68.